The van der Waals surface area contributed by atoms with Crippen LogP contribution in [0.2, 0.25) is 0 Å². The second-order valence-electron chi connectivity index (χ2n) is 6.83. The fourth-order valence-electron chi connectivity index (χ4n) is 3.85. The van der Waals surface area contributed by atoms with Crippen molar-refractivity contribution in [1.82, 2.24) is 4.90 Å². The maximum Gasteiger partial charge on any atom is 0.0644 e. The number of hydrogen-bond donors (Lipinski definition) is 1. The summed E-state index contributed by atoms with van der Waals surface area (Å²) in [6.45, 7) is 10.8. The Bertz CT molecular complexity index is 280. The van der Waals surface area contributed by atoms with E-state index in [2.05, 4.69) is 25.7 Å². The van der Waals surface area contributed by atoms with Crippen molar-refractivity contribution < 1.29 is 4.74 Å². The van der Waals surface area contributed by atoms with Crippen LogP contribution >= 0.6 is 0 Å². The summed E-state index contributed by atoms with van der Waals surface area (Å²) in [5.74, 6) is 0.869. The highest BCUT2D eigenvalue weighted by molar-refractivity contribution is 5.00. The van der Waals surface area contributed by atoms with Crippen LogP contribution in [0.4, 0.5) is 0 Å². The summed E-state index contributed by atoms with van der Waals surface area (Å²) in [6, 6.07) is 0. The van der Waals surface area contributed by atoms with Gasteiger partial charge in [-0.1, -0.05) is 13.3 Å². The molecule has 0 bridgehead atoms. The number of ether oxygens (including phenoxy) is 1. The van der Waals surface area contributed by atoms with E-state index in [-0.39, 0.29) is 11.1 Å². The van der Waals surface area contributed by atoms with Crippen LogP contribution in [0.1, 0.15) is 52.9 Å². The van der Waals surface area contributed by atoms with Gasteiger partial charge in [-0.15, -0.1) is 0 Å². The minimum atomic E-state index is -0.0171. The average molecular weight is 254 g/mol. The Morgan fingerprint density at radius 2 is 2.17 bits per heavy atom. The number of rotatable bonds is 3. The molecule has 0 aromatic heterocycles. The monoisotopic (exact) mass is 254 g/mol. The van der Waals surface area contributed by atoms with Gasteiger partial charge in [-0.05, 0) is 52.0 Å². The SMILES string of the molecule is CCC1CCCN(C2(CN)CCOC(C)(C)C2)C1. The Kier molecular flexibility index (Phi) is 4.35. The lowest BCUT2D eigenvalue weighted by Gasteiger charge is -2.53. The van der Waals surface area contributed by atoms with Crippen LogP contribution in [0.25, 0.3) is 0 Å². The van der Waals surface area contributed by atoms with Crippen LogP contribution in [0.15, 0.2) is 0 Å². The zero-order valence-electron chi connectivity index (χ0n) is 12.4. The molecular weight excluding hydrogens is 224 g/mol. The van der Waals surface area contributed by atoms with Crippen molar-refractivity contribution in [3.05, 3.63) is 0 Å². The van der Waals surface area contributed by atoms with Gasteiger partial charge in [-0.25, -0.2) is 0 Å². The lowest BCUT2D eigenvalue weighted by molar-refractivity contribution is -0.124. The van der Waals surface area contributed by atoms with E-state index >= 15 is 0 Å². The van der Waals surface area contributed by atoms with E-state index in [1.165, 1.54) is 32.4 Å². The molecule has 2 saturated heterocycles. The van der Waals surface area contributed by atoms with Gasteiger partial charge >= 0.3 is 0 Å². The first-order valence-corrected chi connectivity index (χ1v) is 7.60. The van der Waals surface area contributed by atoms with E-state index in [0.29, 0.717) is 0 Å². The zero-order chi connectivity index (χ0) is 13.2. The number of likely N-dealkylation sites (tertiary alicyclic amines) is 1. The number of piperidine rings is 1. The van der Waals surface area contributed by atoms with Crippen molar-refractivity contribution >= 4 is 0 Å². The first-order chi connectivity index (χ1) is 8.51. The highest BCUT2D eigenvalue weighted by Crippen LogP contribution is 2.38. The maximum absolute atomic E-state index is 6.18. The van der Waals surface area contributed by atoms with Gasteiger partial charge < -0.3 is 10.5 Å². The van der Waals surface area contributed by atoms with Crippen molar-refractivity contribution in [3.63, 3.8) is 0 Å². The summed E-state index contributed by atoms with van der Waals surface area (Å²) >= 11 is 0. The highest BCUT2D eigenvalue weighted by atomic mass is 16.5. The molecule has 2 unspecified atom stereocenters. The Hall–Kier alpha value is -0.120. The van der Waals surface area contributed by atoms with Crippen molar-refractivity contribution in [2.75, 3.05) is 26.2 Å². The maximum atomic E-state index is 6.18. The van der Waals surface area contributed by atoms with Crippen LogP contribution in [0.3, 0.4) is 0 Å². The summed E-state index contributed by atoms with van der Waals surface area (Å²) in [5.41, 5.74) is 6.35. The molecule has 2 heterocycles. The van der Waals surface area contributed by atoms with E-state index < -0.39 is 0 Å². The summed E-state index contributed by atoms with van der Waals surface area (Å²) < 4.78 is 5.88. The third-order valence-electron chi connectivity index (χ3n) is 4.96. The Labute approximate surface area is 112 Å². The van der Waals surface area contributed by atoms with Crippen molar-refractivity contribution in [3.8, 4) is 0 Å². The van der Waals surface area contributed by atoms with Crippen molar-refractivity contribution in [2.24, 2.45) is 11.7 Å². The molecule has 106 valence electrons. The summed E-state index contributed by atoms with van der Waals surface area (Å²) in [7, 11) is 0. The lowest BCUT2D eigenvalue weighted by Crippen LogP contribution is -2.62. The van der Waals surface area contributed by atoms with E-state index in [0.717, 1.165) is 31.9 Å². The van der Waals surface area contributed by atoms with Gasteiger partial charge in [0.15, 0.2) is 0 Å². The van der Waals surface area contributed by atoms with Gasteiger partial charge in [0, 0.05) is 25.2 Å². The molecule has 2 aliphatic rings. The second-order valence-corrected chi connectivity index (χ2v) is 6.83. The van der Waals surface area contributed by atoms with E-state index in [1.807, 2.05) is 0 Å². The fraction of sp³-hybridized carbons (Fsp3) is 1.00. The smallest absolute Gasteiger partial charge is 0.0644 e. The number of nitrogens with zero attached hydrogens (tertiary/aromatic N) is 1. The largest absolute Gasteiger partial charge is 0.375 e. The quantitative estimate of drug-likeness (QED) is 0.840. The molecule has 0 aliphatic carbocycles. The predicted octanol–water partition coefficient (Wildman–Crippen LogP) is 2.39. The van der Waals surface area contributed by atoms with Gasteiger partial charge in [-0.3, -0.25) is 4.90 Å². The molecular formula is C15H30N2O. The standard InChI is InChI=1S/C15H30N2O/c1-4-13-6-5-8-17(10-13)15(12-16)7-9-18-14(2,3)11-15/h13H,4-12,16H2,1-3H3. The zero-order valence-corrected chi connectivity index (χ0v) is 12.4. The first-order valence-electron chi connectivity index (χ1n) is 7.60. The number of nitrogens with two attached hydrogens (primary N) is 1. The van der Waals surface area contributed by atoms with Gasteiger partial charge in [0.1, 0.15) is 0 Å². The molecule has 2 aliphatic heterocycles. The van der Waals surface area contributed by atoms with Crippen molar-refractivity contribution in [2.45, 2.75) is 64.0 Å². The molecule has 0 aromatic rings. The minimum absolute atomic E-state index is 0.0171. The molecule has 0 spiro atoms. The second kappa shape index (κ2) is 5.48. The summed E-state index contributed by atoms with van der Waals surface area (Å²) in [4.78, 5) is 2.69. The van der Waals surface area contributed by atoms with Crippen LogP contribution in [0, 0.1) is 5.92 Å². The molecule has 0 radical (unpaired) electrons. The highest BCUT2D eigenvalue weighted by Gasteiger charge is 2.44. The molecule has 0 amide bonds. The summed E-state index contributed by atoms with van der Waals surface area (Å²) in [5, 5.41) is 0. The summed E-state index contributed by atoms with van der Waals surface area (Å²) in [6.07, 6.45) is 6.21. The van der Waals surface area contributed by atoms with Gasteiger partial charge in [-0.2, -0.15) is 0 Å². The van der Waals surface area contributed by atoms with Crippen LogP contribution < -0.4 is 5.73 Å². The topological polar surface area (TPSA) is 38.5 Å². The molecule has 2 fully saturated rings. The first kappa shape index (κ1) is 14.3. The molecule has 2 rings (SSSR count). The molecule has 18 heavy (non-hydrogen) atoms. The van der Waals surface area contributed by atoms with Crippen LogP contribution in [-0.4, -0.2) is 42.3 Å². The van der Waals surface area contributed by atoms with E-state index in [4.69, 9.17) is 10.5 Å². The van der Waals surface area contributed by atoms with E-state index in [1.54, 1.807) is 0 Å². The van der Waals surface area contributed by atoms with E-state index in [9.17, 15) is 0 Å². The minimum Gasteiger partial charge on any atom is -0.375 e. The molecule has 3 nitrogen and oxygen atoms in total. The van der Waals surface area contributed by atoms with Gasteiger partial charge in [0.05, 0.1) is 5.60 Å². The lowest BCUT2D eigenvalue weighted by atomic mass is 9.78. The average Bonchev–Trinajstić information content (AvgIpc) is 2.37. The Morgan fingerprint density at radius 3 is 2.78 bits per heavy atom. The third-order valence-corrected chi connectivity index (χ3v) is 4.96. The van der Waals surface area contributed by atoms with Crippen LogP contribution in [-0.2, 0) is 4.74 Å². The number of hydrogen-bond acceptors (Lipinski definition) is 3. The van der Waals surface area contributed by atoms with Crippen LogP contribution in [0.5, 0.6) is 0 Å². The molecule has 3 heteroatoms. The van der Waals surface area contributed by atoms with Gasteiger partial charge in [0.25, 0.3) is 0 Å². The molecule has 0 aromatic carbocycles. The Balaban J connectivity index is 2.11. The normalized spacial score (nSPS) is 37.7. The third kappa shape index (κ3) is 2.89. The van der Waals surface area contributed by atoms with Gasteiger partial charge in [0.2, 0.25) is 0 Å². The molecule has 0 saturated carbocycles. The fourth-order valence-corrected chi connectivity index (χ4v) is 3.85. The van der Waals surface area contributed by atoms with Crippen molar-refractivity contribution in [1.29, 1.82) is 0 Å². The predicted molar refractivity (Wildman–Crippen MR) is 75.6 cm³/mol. The molecule has 2 atom stereocenters. The Morgan fingerprint density at radius 1 is 1.39 bits per heavy atom. The molecule has 2 N–H and O–H groups in total.